The van der Waals surface area contributed by atoms with E-state index in [0.29, 0.717) is 12.1 Å². The predicted molar refractivity (Wildman–Crippen MR) is 71.3 cm³/mol. The first kappa shape index (κ1) is 12.5. The van der Waals surface area contributed by atoms with Crippen molar-refractivity contribution in [1.82, 2.24) is 15.2 Å². The molecule has 2 rings (SSSR count). The molecule has 0 aliphatic rings. The van der Waals surface area contributed by atoms with Crippen molar-refractivity contribution >= 4 is 17.4 Å². The zero-order valence-electron chi connectivity index (χ0n) is 9.97. The van der Waals surface area contributed by atoms with Gasteiger partial charge in [-0.1, -0.05) is 13.0 Å². The molecule has 18 heavy (non-hydrogen) atoms. The van der Waals surface area contributed by atoms with Gasteiger partial charge in [0.15, 0.2) is 0 Å². The number of nitriles is 1. The first-order chi connectivity index (χ1) is 8.85. The van der Waals surface area contributed by atoms with Gasteiger partial charge in [-0.05, 0) is 17.9 Å². The van der Waals surface area contributed by atoms with Gasteiger partial charge in [-0.15, -0.1) is 11.8 Å². The summed E-state index contributed by atoms with van der Waals surface area (Å²) in [4.78, 5) is 5.03. The second-order valence-electron chi connectivity index (χ2n) is 3.51. The van der Waals surface area contributed by atoms with Gasteiger partial charge in [-0.2, -0.15) is 10.4 Å². The van der Waals surface area contributed by atoms with E-state index < -0.39 is 0 Å². The summed E-state index contributed by atoms with van der Waals surface area (Å²) >= 11 is 1.67. The molecular weight excluding hydrogens is 246 g/mol. The molecule has 0 amide bonds. The van der Waals surface area contributed by atoms with Crippen LogP contribution >= 0.6 is 11.8 Å². The Bertz CT molecular complexity index is 544. The van der Waals surface area contributed by atoms with Crippen molar-refractivity contribution in [2.45, 2.75) is 18.4 Å². The molecule has 1 aromatic carbocycles. The van der Waals surface area contributed by atoms with Crippen LogP contribution in [0.3, 0.4) is 0 Å². The Balaban J connectivity index is 2.17. The van der Waals surface area contributed by atoms with Gasteiger partial charge in [0, 0.05) is 4.90 Å². The second-order valence-corrected chi connectivity index (χ2v) is 4.82. The predicted octanol–water partition coefficient (Wildman–Crippen LogP) is 2.40. The van der Waals surface area contributed by atoms with E-state index in [2.05, 4.69) is 33.5 Å². The summed E-state index contributed by atoms with van der Waals surface area (Å²) in [7, 11) is 0. The van der Waals surface area contributed by atoms with Crippen molar-refractivity contribution in [2.75, 3.05) is 11.1 Å². The summed E-state index contributed by atoms with van der Waals surface area (Å²) in [5.74, 6) is 1.69. The fourth-order valence-electron chi connectivity index (χ4n) is 1.56. The van der Waals surface area contributed by atoms with Gasteiger partial charge in [-0.25, -0.2) is 4.98 Å². The topological polar surface area (TPSA) is 77.4 Å². The third-order valence-corrected chi connectivity index (χ3v) is 3.29. The highest BCUT2D eigenvalue weighted by atomic mass is 32.2. The molecule has 0 aliphatic carbocycles. The molecule has 1 heterocycles. The van der Waals surface area contributed by atoms with Crippen LogP contribution in [0.1, 0.15) is 18.3 Å². The summed E-state index contributed by atoms with van der Waals surface area (Å²) in [6, 6.07) is 8.06. The van der Waals surface area contributed by atoms with E-state index in [9.17, 15) is 5.26 Å². The minimum Gasteiger partial charge on any atom is -0.377 e. The summed E-state index contributed by atoms with van der Waals surface area (Å²) in [6.07, 6.45) is 1.46. The molecule has 0 saturated carbocycles. The highest BCUT2D eigenvalue weighted by Gasteiger charge is 2.08. The lowest BCUT2D eigenvalue weighted by molar-refractivity contribution is 0.953. The average molecular weight is 259 g/mol. The molecule has 5 nitrogen and oxygen atoms in total. The quantitative estimate of drug-likeness (QED) is 0.806. The van der Waals surface area contributed by atoms with Crippen LogP contribution in [0.15, 0.2) is 29.4 Å². The van der Waals surface area contributed by atoms with E-state index in [1.165, 1.54) is 6.33 Å². The number of nitrogens with zero attached hydrogens (tertiary/aromatic N) is 3. The van der Waals surface area contributed by atoms with Crippen molar-refractivity contribution in [3.63, 3.8) is 0 Å². The van der Waals surface area contributed by atoms with Crippen LogP contribution in [0, 0.1) is 11.3 Å². The fraction of sp³-hybridized carbons (Fsp3) is 0.250. The minimum absolute atomic E-state index is 0.523. The number of thioether (sulfide) groups is 1. The molecule has 0 bridgehead atoms. The summed E-state index contributed by atoms with van der Waals surface area (Å²) in [5.41, 5.74) is 1.51. The lowest BCUT2D eigenvalue weighted by Gasteiger charge is -2.09. The number of aromatic amines is 1. The van der Waals surface area contributed by atoms with E-state index in [4.69, 9.17) is 0 Å². The molecule has 2 aromatic rings. The Morgan fingerprint density at radius 3 is 3.06 bits per heavy atom. The number of nitrogens with one attached hydrogen (secondary N) is 2. The smallest absolute Gasteiger partial charge is 0.143 e. The second kappa shape index (κ2) is 6.07. The molecule has 6 heteroatoms. The summed E-state index contributed by atoms with van der Waals surface area (Å²) in [6.45, 7) is 2.59. The van der Waals surface area contributed by atoms with Crippen molar-refractivity contribution < 1.29 is 0 Å². The highest BCUT2D eigenvalue weighted by Crippen LogP contribution is 2.27. The van der Waals surface area contributed by atoms with Crippen molar-refractivity contribution in [3.05, 3.63) is 35.9 Å². The van der Waals surface area contributed by atoms with Crippen molar-refractivity contribution in [2.24, 2.45) is 0 Å². The zero-order valence-corrected chi connectivity index (χ0v) is 10.8. The lowest BCUT2D eigenvalue weighted by atomic mass is 10.2. The molecule has 0 aliphatic heterocycles. The molecule has 0 radical (unpaired) electrons. The standard InChI is InChI=1S/C12H13N5S/c1-2-18-11-5-3-4-10(9(11)6-13)14-7-12-15-8-16-17-12/h3-5,8,14H,2,7H2,1H3,(H,15,16,17). The monoisotopic (exact) mass is 259 g/mol. The molecule has 0 fully saturated rings. The molecule has 0 saturated heterocycles. The number of hydrogen-bond donors (Lipinski definition) is 2. The van der Waals surface area contributed by atoms with Gasteiger partial charge in [0.2, 0.25) is 0 Å². The normalized spacial score (nSPS) is 10.0. The molecule has 0 unspecified atom stereocenters. The maximum absolute atomic E-state index is 9.24. The van der Waals surface area contributed by atoms with Gasteiger partial charge >= 0.3 is 0 Å². The van der Waals surface area contributed by atoms with Crippen LogP contribution in [0.4, 0.5) is 5.69 Å². The Hall–Kier alpha value is -2.00. The number of anilines is 1. The third kappa shape index (κ3) is 2.81. The fourth-order valence-corrected chi connectivity index (χ4v) is 2.35. The number of aromatic nitrogens is 3. The largest absolute Gasteiger partial charge is 0.377 e. The van der Waals surface area contributed by atoms with Gasteiger partial charge < -0.3 is 5.32 Å². The van der Waals surface area contributed by atoms with Crippen LogP contribution in [0.25, 0.3) is 0 Å². The number of H-pyrrole nitrogens is 1. The Kier molecular flexibility index (Phi) is 4.20. The minimum atomic E-state index is 0.523. The number of rotatable bonds is 5. The van der Waals surface area contributed by atoms with E-state index in [-0.39, 0.29) is 0 Å². The Morgan fingerprint density at radius 2 is 2.39 bits per heavy atom. The van der Waals surface area contributed by atoms with Crippen LogP contribution in [0.2, 0.25) is 0 Å². The molecule has 92 valence electrons. The van der Waals surface area contributed by atoms with Gasteiger partial charge in [-0.3, -0.25) is 5.10 Å². The van der Waals surface area contributed by atoms with Crippen LogP contribution < -0.4 is 5.32 Å². The first-order valence-corrected chi connectivity index (χ1v) is 6.57. The highest BCUT2D eigenvalue weighted by molar-refractivity contribution is 7.99. The van der Waals surface area contributed by atoms with Gasteiger partial charge in [0.05, 0.1) is 17.8 Å². The van der Waals surface area contributed by atoms with Crippen LogP contribution in [-0.2, 0) is 6.54 Å². The first-order valence-electron chi connectivity index (χ1n) is 5.59. The van der Waals surface area contributed by atoms with E-state index in [0.717, 1.165) is 22.2 Å². The molecule has 2 N–H and O–H groups in total. The lowest BCUT2D eigenvalue weighted by Crippen LogP contribution is -2.03. The molecule has 0 spiro atoms. The van der Waals surface area contributed by atoms with Crippen LogP contribution in [0.5, 0.6) is 0 Å². The molecular formula is C12H13N5S. The number of benzene rings is 1. The maximum Gasteiger partial charge on any atom is 0.143 e. The molecule has 0 atom stereocenters. The summed E-state index contributed by atoms with van der Waals surface area (Å²) < 4.78 is 0. The van der Waals surface area contributed by atoms with Crippen molar-refractivity contribution in [3.8, 4) is 6.07 Å². The van der Waals surface area contributed by atoms with E-state index in [1.54, 1.807) is 11.8 Å². The SMILES string of the molecule is CCSc1cccc(NCc2ncn[nH]2)c1C#N. The van der Waals surface area contributed by atoms with Crippen LogP contribution in [-0.4, -0.2) is 20.9 Å². The average Bonchev–Trinajstić information content (AvgIpc) is 2.90. The van der Waals surface area contributed by atoms with Gasteiger partial charge in [0.1, 0.15) is 18.2 Å². The molecule has 1 aromatic heterocycles. The van der Waals surface area contributed by atoms with E-state index in [1.807, 2.05) is 18.2 Å². The maximum atomic E-state index is 9.24. The number of hydrogen-bond acceptors (Lipinski definition) is 5. The van der Waals surface area contributed by atoms with Gasteiger partial charge in [0.25, 0.3) is 0 Å². The van der Waals surface area contributed by atoms with Crippen molar-refractivity contribution in [1.29, 1.82) is 5.26 Å². The Morgan fingerprint density at radius 1 is 1.50 bits per heavy atom. The Labute approximate surface area is 110 Å². The third-order valence-electron chi connectivity index (χ3n) is 2.35. The zero-order chi connectivity index (χ0) is 12.8. The summed E-state index contributed by atoms with van der Waals surface area (Å²) in [5, 5.41) is 19.0. The van der Waals surface area contributed by atoms with E-state index >= 15 is 0 Å².